The van der Waals surface area contributed by atoms with E-state index in [4.69, 9.17) is 14.2 Å². The first kappa shape index (κ1) is 19.3. The first-order valence-corrected chi connectivity index (χ1v) is 10.2. The molecule has 0 radical (unpaired) electrons. The van der Waals surface area contributed by atoms with Gasteiger partial charge in [-0.2, -0.15) is 0 Å². The average molecular weight is 389 g/mol. The summed E-state index contributed by atoms with van der Waals surface area (Å²) >= 11 is 0. The third-order valence-electron chi connectivity index (χ3n) is 4.98. The number of hydrogen-bond donors (Lipinski definition) is 1. The molecule has 3 aromatic rings. The van der Waals surface area contributed by atoms with Crippen LogP contribution in [0.1, 0.15) is 24.0 Å². The maximum Gasteiger partial charge on any atom is 0.119 e. The fourth-order valence-electron chi connectivity index (χ4n) is 3.28. The molecule has 0 bridgehead atoms. The van der Waals surface area contributed by atoms with Gasteiger partial charge in [0.05, 0.1) is 6.10 Å². The van der Waals surface area contributed by atoms with Crippen molar-refractivity contribution in [1.29, 1.82) is 0 Å². The van der Waals surface area contributed by atoms with Crippen LogP contribution in [0.25, 0.3) is 0 Å². The number of rotatable bonds is 9. The lowest BCUT2D eigenvalue weighted by atomic mass is 10.2. The summed E-state index contributed by atoms with van der Waals surface area (Å²) in [5.74, 6) is 1.76. The largest absolute Gasteiger partial charge is 0.491 e. The van der Waals surface area contributed by atoms with Gasteiger partial charge in [-0.05, 0) is 60.4 Å². The summed E-state index contributed by atoms with van der Waals surface area (Å²) in [5, 5.41) is 3.44. The molecule has 1 N–H and O–H groups in total. The van der Waals surface area contributed by atoms with Gasteiger partial charge in [-0.3, -0.25) is 0 Å². The molecule has 1 unspecified atom stereocenters. The lowest BCUT2D eigenvalue weighted by Gasteiger charge is -2.12. The molecule has 4 heteroatoms. The zero-order chi connectivity index (χ0) is 19.7. The molecule has 1 heterocycles. The molecule has 1 fully saturated rings. The highest BCUT2D eigenvalue weighted by molar-refractivity contribution is 5.47. The minimum Gasteiger partial charge on any atom is -0.491 e. The van der Waals surface area contributed by atoms with E-state index in [2.05, 4.69) is 29.6 Å². The monoisotopic (exact) mass is 389 g/mol. The summed E-state index contributed by atoms with van der Waals surface area (Å²) in [6.45, 7) is 2.83. The molecule has 1 atom stereocenters. The molecule has 0 saturated carbocycles. The molecule has 3 aromatic carbocycles. The third-order valence-corrected chi connectivity index (χ3v) is 4.98. The second-order valence-electron chi connectivity index (χ2n) is 7.24. The molecule has 4 nitrogen and oxygen atoms in total. The van der Waals surface area contributed by atoms with Gasteiger partial charge in [0.15, 0.2) is 0 Å². The summed E-state index contributed by atoms with van der Waals surface area (Å²) < 4.78 is 17.2. The van der Waals surface area contributed by atoms with Gasteiger partial charge in [-0.15, -0.1) is 0 Å². The Bertz CT molecular complexity index is 857. The Hall–Kier alpha value is -2.98. The Kier molecular flexibility index (Phi) is 6.66. The van der Waals surface area contributed by atoms with Crippen molar-refractivity contribution in [2.24, 2.45) is 0 Å². The Morgan fingerprint density at radius 3 is 2.24 bits per heavy atom. The molecule has 0 amide bonds. The van der Waals surface area contributed by atoms with Crippen LogP contribution < -0.4 is 14.8 Å². The summed E-state index contributed by atoms with van der Waals surface area (Å²) in [4.78, 5) is 0. The van der Waals surface area contributed by atoms with Crippen LogP contribution in [-0.2, 0) is 17.9 Å². The van der Waals surface area contributed by atoms with E-state index in [0.29, 0.717) is 13.2 Å². The van der Waals surface area contributed by atoms with Gasteiger partial charge in [0.25, 0.3) is 0 Å². The lowest BCUT2D eigenvalue weighted by Crippen LogP contribution is -2.16. The number of nitrogens with one attached hydrogen (secondary N) is 1. The van der Waals surface area contributed by atoms with Gasteiger partial charge in [0.1, 0.15) is 24.7 Å². The van der Waals surface area contributed by atoms with Crippen molar-refractivity contribution in [1.82, 2.24) is 0 Å². The van der Waals surface area contributed by atoms with Crippen LogP contribution in [0, 0.1) is 0 Å². The Labute approximate surface area is 172 Å². The van der Waals surface area contributed by atoms with E-state index in [0.717, 1.165) is 48.7 Å². The second kappa shape index (κ2) is 9.99. The standard InChI is InChI=1S/C25H27NO3/c1-2-5-21(6-3-1)18-28-24-14-10-22(11-15-24)26-17-20-8-12-23(13-9-20)29-19-25-7-4-16-27-25/h1-3,5-6,8-15,25-26H,4,7,16-19H2. The molecular formula is C25H27NO3. The molecule has 1 aliphatic heterocycles. The van der Waals surface area contributed by atoms with E-state index in [-0.39, 0.29) is 6.10 Å². The average Bonchev–Trinajstić information content (AvgIpc) is 3.31. The van der Waals surface area contributed by atoms with Crippen LogP contribution in [0.4, 0.5) is 5.69 Å². The van der Waals surface area contributed by atoms with Crippen LogP contribution in [0.5, 0.6) is 11.5 Å². The highest BCUT2D eigenvalue weighted by Crippen LogP contribution is 2.19. The van der Waals surface area contributed by atoms with Gasteiger partial charge < -0.3 is 19.5 Å². The molecule has 1 aliphatic rings. The zero-order valence-electron chi connectivity index (χ0n) is 16.6. The smallest absolute Gasteiger partial charge is 0.119 e. The van der Waals surface area contributed by atoms with Crippen molar-refractivity contribution < 1.29 is 14.2 Å². The minimum atomic E-state index is 0.246. The van der Waals surface area contributed by atoms with Crippen LogP contribution in [-0.4, -0.2) is 19.3 Å². The molecule has 0 aliphatic carbocycles. The van der Waals surface area contributed by atoms with E-state index in [1.54, 1.807) is 0 Å². The molecule has 0 spiro atoms. The molecule has 4 rings (SSSR count). The van der Waals surface area contributed by atoms with Gasteiger partial charge in [-0.25, -0.2) is 0 Å². The fraction of sp³-hybridized carbons (Fsp3) is 0.280. The van der Waals surface area contributed by atoms with E-state index in [1.165, 1.54) is 5.56 Å². The Balaban J connectivity index is 1.21. The number of benzene rings is 3. The minimum absolute atomic E-state index is 0.246. The van der Waals surface area contributed by atoms with Gasteiger partial charge in [-0.1, -0.05) is 42.5 Å². The predicted molar refractivity (Wildman–Crippen MR) is 115 cm³/mol. The summed E-state index contributed by atoms with van der Waals surface area (Å²) in [6, 6.07) is 26.5. The number of ether oxygens (including phenoxy) is 3. The highest BCUT2D eigenvalue weighted by atomic mass is 16.5. The molecular weight excluding hydrogens is 362 g/mol. The first-order valence-electron chi connectivity index (χ1n) is 10.2. The second-order valence-corrected chi connectivity index (χ2v) is 7.24. The van der Waals surface area contributed by atoms with E-state index in [9.17, 15) is 0 Å². The lowest BCUT2D eigenvalue weighted by molar-refractivity contribution is 0.0679. The van der Waals surface area contributed by atoms with E-state index < -0.39 is 0 Å². The van der Waals surface area contributed by atoms with E-state index >= 15 is 0 Å². The van der Waals surface area contributed by atoms with Gasteiger partial charge in [0, 0.05) is 18.8 Å². The van der Waals surface area contributed by atoms with Crippen molar-refractivity contribution >= 4 is 5.69 Å². The summed E-state index contributed by atoms with van der Waals surface area (Å²) in [5.41, 5.74) is 3.44. The molecule has 29 heavy (non-hydrogen) atoms. The Morgan fingerprint density at radius 1 is 0.793 bits per heavy atom. The first-order chi connectivity index (χ1) is 14.3. The number of hydrogen-bond acceptors (Lipinski definition) is 4. The molecule has 0 aromatic heterocycles. The SMILES string of the molecule is c1ccc(COc2ccc(NCc3ccc(OCC4CCCO4)cc3)cc2)cc1. The summed E-state index contributed by atoms with van der Waals surface area (Å²) in [7, 11) is 0. The normalized spacial score (nSPS) is 15.8. The quantitative estimate of drug-likeness (QED) is 0.529. The van der Waals surface area contributed by atoms with E-state index in [1.807, 2.05) is 54.6 Å². The van der Waals surface area contributed by atoms with Crippen molar-refractivity contribution in [3.05, 3.63) is 90.0 Å². The van der Waals surface area contributed by atoms with Crippen molar-refractivity contribution in [2.45, 2.75) is 32.1 Å². The zero-order valence-corrected chi connectivity index (χ0v) is 16.6. The maximum absolute atomic E-state index is 5.83. The topological polar surface area (TPSA) is 39.7 Å². The number of anilines is 1. The highest BCUT2D eigenvalue weighted by Gasteiger charge is 2.15. The van der Waals surface area contributed by atoms with Crippen LogP contribution in [0.3, 0.4) is 0 Å². The fourth-order valence-corrected chi connectivity index (χ4v) is 3.28. The maximum atomic E-state index is 5.83. The van der Waals surface area contributed by atoms with Gasteiger partial charge >= 0.3 is 0 Å². The predicted octanol–water partition coefficient (Wildman–Crippen LogP) is 5.44. The Morgan fingerprint density at radius 2 is 1.52 bits per heavy atom. The van der Waals surface area contributed by atoms with Gasteiger partial charge in [0.2, 0.25) is 0 Å². The summed E-state index contributed by atoms with van der Waals surface area (Å²) in [6.07, 6.45) is 2.48. The van der Waals surface area contributed by atoms with Crippen molar-refractivity contribution in [2.75, 3.05) is 18.5 Å². The van der Waals surface area contributed by atoms with Crippen molar-refractivity contribution in [3.63, 3.8) is 0 Å². The van der Waals surface area contributed by atoms with Crippen LogP contribution in [0.15, 0.2) is 78.9 Å². The molecule has 1 saturated heterocycles. The third kappa shape index (κ3) is 6.00. The van der Waals surface area contributed by atoms with Crippen molar-refractivity contribution in [3.8, 4) is 11.5 Å². The molecule has 150 valence electrons. The van der Waals surface area contributed by atoms with Crippen LogP contribution in [0.2, 0.25) is 0 Å². The van der Waals surface area contributed by atoms with Crippen LogP contribution >= 0.6 is 0 Å².